The molecule has 0 N–H and O–H groups in total. The number of hydrogen-bond donors (Lipinski definition) is 0. The number of hydrogen-bond acceptors (Lipinski definition) is 3. The molecule has 0 saturated heterocycles. The normalized spacial score (nSPS) is 11.0. The number of ether oxygens (including phenoxy) is 2. The maximum Gasteiger partial charge on any atom is 0.330 e. The Bertz CT molecular complexity index is 655. The average Bonchev–Trinajstić information content (AvgIpc) is 2.59. The first-order chi connectivity index (χ1) is 11.3. The summed E-state index contributed by atoms with van der Waals surface area (Å²) in [7, 11) is 0. The highest BCUT2D eigenvalue weighted by atomic mass is 16.5. The summed E-state index contributed by atoms with van der Waals surface area (Å²) in [6, 6.07) is 17.8. The summed E-state index contributed by atoms with van der Waals surface area (Å²) in [5.74, 6) is 0.495. The maximum absolute atomic E-state index is 11.1. The minimum atomic E-state index is -0.332. The fourth-order valence-corrected chi connectivity index (χ4v) is 1.91. The minimum Gasteiger partial charge on any atom is -0.489 e. The van der Waals surface area contributed by atoms with E-state index in [1.54, 1.807) is 19.1 Å². The van der Waals surface area contributed by atoms with E-state index in [-0.39, 0.29) is 5.97 Å². The zero-order valence-electron chi connectivity index (χ0n) is 13.1. The third-order valence-corrected chi connectivity index (χ3v) is 3.05. The second-order valence-electron chi connectivity index (χ2n) is 4.81. The van der Waals surface area contributed by atoms with Gasteiger partial charge in [-0.3, -0.25) is 0 Å². The van der Waals surface area contributed by atoms with Gasteiger partial charge in [0.15, 0.2) is 0 Å². The van der Waals surface area contributed by atoms with Crippen molar-refractivity contribution in [2.75, 3.05) is 6.61 Å². The Balaban J connectivity index is 1.83. The predicted molar refractivity (Wildman–Crippen MR) is 92.0 cm³/mol. The van der Waals surface area contributed by atoms with Crippen LogP contribution in [0.5, 0.6) is 5.75 Å². The lowest BCUT2D eigenvalue weighted by Crippen LogP contribution is -1.98. The highest BCUT2D eigenvalue weighted by Crippen LogP contribution is 2.15. The van der Waals surface area contributed by atoms with Crippen LogP contribution in [0.3, 0.4) is 0 Å². The van der Waals surface area contributed by atoms with E-state index in [2.05, 4.69) is 0 Å². The second kappa shape index (κ2) is 9.26. The number of rotatable bonds is 7. The highest BCUT2D eigenvalue weighted by Gasteiger charge is 1.95. The molecule has 23 heavy (non-hydrogen) atoms. The van der Waals surface area contributed by atoms with Crippen LogP contribution in [0.1, 0.15) is 18.1 Å². The van der Waals surface area contributed by atoms with Crippen molar-refractivity contribution in [1.82, 2.24) is 0 Å². The molecule has 0 saturated carbocycles. The first-order valence-corrected chi connectivity index (χ1v) is 7.56. The van der Waals surface area contributed by atoms with Crippen molar-refractivity contribution in [2.45, 2.75) is 13.5 Å². The van der Waals surface area contributed by atoms with Crippen LogP contribution < -0.4 is 4.74 Å². The molecule has 0 aliphatic carbocycles. The van der Waals surface area contributed by atoms with Crippen molar-refractivity contribution in [3.05, 3.63) is 84.0 Å². The Labute approximate surface area is 136 Å². The molecule has 0 aliphatic heterocycles. The quantitative estimate of drug-likeness (QED) is 0.432. The Morgan fingerprint density at radius 3 is 2.43 bits per heavy atom. The topological polar surface area (TPSA) is 35.5 Å². The van der Waals surface area contributed by atoms with Crippen molar-refractivity contribution in [3.8, 4) is 5.75 Å². The zero-order chi connectivity index (χ0) is 16.3. The van der Waals surface area contributed by atoms with Crippen LogP contribution in [0, 0.1) is 0 Å². The molecule has 3 heteroatoms. The monoisotopic (exact) mass is 308 g/mol. The lowest BCUT2D eigenvalue weighted by atomic mass is 10.2. The van der Waals surface area contributed by atoms with E-state index in [1.807, 2.05) is 60.7 Å². The van der Waals surface area contributed by atoms with Crippen molar-refractivity contribution in [1.29, 1.82) is 0 Å². The number of carbonyl (C=O) groups excluding carboxylic acids is 1. The maximum atomic E-state index is 11.1. The summed E-state index contributed by atoms with van der Waals surface area (Å²) in [5, 5.41) is 0. The summed E-state index contributed by atoms with van der Waals surface area (Å²) >= 11 is 0. The summed E-state index contributed by atoms with van der Waals surface area (Å²) in [5.41, 5.74) is 2.17. The molecule has 0 aromatic heterocycles. The zero-order valence-corrected chi connectivity index (χ0v) is 13.1. The van der Waals surface area contributed by atoms with Crippen LogP contribution in [0.4, 0.5) is 0 Å². The van der Waals surface area contributed by atoms with E-state index in [0.29, 0.717) is 13.2 Å². The van der Waals surface area contributed by atoms with Crippen LogP contribution in [-0.2, 0) is 16.1 Å². The predicted octanol–water partition coefficient (Wildman–Crippen LogP) is 4.40. The third kappa shape index (κ3) is 6.22. The SMILES string of the molecule is CCOC(=O)C=CC=Cc1ccc(OCc2ccccc2)cc1. The second-order valence-corrected chi connectivity index (χ2v) is 4.81. The third-order valence-electron chi connectivity index (χ3n) is 3.05. The number of carbonyl (C=O) groups is 1. The fraction of sp³-hybridized carbons (Fsp3) is 0.150. The molecule has 0 atom stereocenters. The fourth-order valence-electron chi connectivity index (χ4n) is 1.91. The molecule has 0 heterocycles. The molecular weight excluding hydrogens is 288 g/mol. The largest absolute Gasteiger partial charge is 0.489 e. The van der Waals surface area contributed by atoms with Gasteiger partial charge < -0.3 is 9.47 Å². The summed E-state index contributed by atoms with van der Waals surface area (Å²) in [4.78, 5) is 11.1. The van der Waals surface area contributed by atoms with Gasteiger partial charge in [-0.2, -0.15) is 0 Å². The molecule has 0 radical (unpaired) electrons. The van der Waals surface area contributed by atoms with Gasteiger partial charge in [0, 0.05) is 6.08 Å². The first-order valence-electron chi connectivity index (χ1n) is 7.56. The van der Waals surface area contributed by atoms with Crippen molar-refractivity contribution < 1.29 is 14.3 Å². The van der Waals surface area contributed by atoms with Crippen LogP contribution >= 0.6 is 0 Å². The Kier molecular flexibility index (Phi) is 6.66. The molecule has 2 aromatic rings. The summed E-state index contributed by atoms with van der Waals surface area (Å²) < 4.78 is 10.5. The molecule has 2 rings (SSSR count). The minimum absolute atomic E-state index is 0.332. The molecule has 0 fully saturated rings. The van der Waals surface area contributed by atoms with Crippen LogP contribution in [-0.4, -0.2) is 12.6 Å². The lowest BCUT2D eigenvalue weighted by molar-refractivity contribution is -0.137. The van der Waals surface area contributed by atoms with Gasteiger partial charge in [0.2, 0.25) is 0 Å². The molecule has 0 bridgehead atoms. The van der Waals surface area contributed by atoms with Gasteiger partial charge >= 0.3 is 5.97 Å². The van der Waals surface area contributed by atoms with Crippen LogP contribution in [0.15, 0.2) is 72.8 Å². The smallest absolute Gasteiger partial charge is 0.330 e. The molecule has 0 amide bonds. The lowest BCUT2D eigenvalue weighted by Gasteiger charge is -2.06. The van der Waals surface area contributed by atoms with E-state index in [4.69, 9.17) is 9.47 Å². The Hall–Kier alpha value is -2.81. The number of benzene rings is 2. The van der Waals surface area contributed by atoms with E-state index in [9.17, 15) is 4.79 Å². The summed E-state index contributed by atoms with van der Waals surface area (Å²) in [6.07, 6.45) is 6.78. The van der Waals surface area contributed by atoms with Gasteiger partial charge in [0.25, 0.3) is 0 Å². The van der Waals surface area contributed by atoms with E-state index in [0.717, 1.165) is 16.9 Å². The van der Waals surface area contributed by atoms with Crippen LogP contribution in [0.25, 0.3) is 6.08 Å². The van der Waals surface area contributed by atoms with Gasteiger partial charge in [0.1, 0.15) is 12.4 Å². The molecule has 2 aromatic carbocycles. The Morgan fingerprint density at radius 2 is 1.74 bits per heavy atom. The van der Waals surface area contributed by atoms with Crippen molar-refractivity contribution in [2.24, 2.45) is 0 Å². The molecule has 0 aliphatic rings. The van der Waals surface area contributed by atoms with Gasteiger partial charge in [-0.25, -0.2) is 4.79 Å². The van der Waals surface area contributed by atoms with Crippen molar-refractivity contribution >= 4 is 12.0 Å². The van der Waals surface area contributed by atoms with Gasteiger partial charge in [-0.15, -0.1) is 0 Å². The van der Waals surface area contributed by atoms with E-state index < -0.39 is 0 Å². The van der Waals surface area contributed by atoms with E-state index in [1.165, 1.54) is 6.08 Å². The van der Waals surface area contributed by atoms with E-state index >= 15 is 0 Å². The molecule has 0 spiro atoms. The molecule has 118 valence electrons. The van der Waals surface area contributed by atoms with Crippen LogP contribution in [0.2, 0.25) is 0 Å². The van der Waals surface area contributed by atoms with Gasteiger partial charge in [-0.1, -0.05) is 60.7 Å². The Morgan fingerprint density at radius 1 is 1.00 bits per heavy atom. The summed E-state index contributed by atoms with van der Waals surface area (Å²) in [6.45, 7) is 2.72. The highest BCUT2D eigenvalue weighted by molar-refractivity contribution is 5.82. The van der Waals surface area contributed by atoms with Gasteiger partial charge in [0.05, 0.1) is 6.61 Å². The molecule has 3 nitrogen and oxygen atoms in total. The van der Waals surface area contributed by atoms with Crippen molar-refractivity contribution in [3.63, 3.8) is 0 Å². The average molecular weight is 308 g/mol. The molecule has 0 unspecified atom stereocenters. The van der Waals surface area contributed by atoms with Gasteiger partial charge in [-0.05, 0) is 30.2 Å². The first kappa shape index (κ1) is 16.6. The number of esters is 1. The number of allylic oxidation sites excluding steroid dienone is 2. The molecular formula is C20H20O3. The standard InChI is InChI=1S/C20H20O3/c1-2-22-20(21)11-7-6-8-17-12-14-19(15-13-17)23-16-18-9-4-3-5-10-18/h3-15H,2,16H2,1H3.